The number of amides is 1. The summed E-state index contributed by atoms with van der Waals surface area (Å²) in [6.07, 6.45) is 2.84. The van der Waals surface area contributed by atoms with Gasteiger partial charge in [-0.25, -0.2) is 4.79 Å². The molecule has 6 heteroatoms. The van der Waals surface area contributed by atoms with E-state index in [2.05, 4.69) is 5.32 Å². The number of rotatable bonds is 6. The van der Waals surface area contributed by atoms with Gasteiger partial charge in [-0.2, -0.15) is 0 Å². The van der Waals surface area contributed by atoms with E-state index < -0.39 is 11.9 Å². The van der Waals surface area contributed by atoms with E-state index in [0.29, 0.717) is 10.0 Å². The fourth-order valence-corrected chi connectivity index (χ4v) is 2.54. The summed E-state index contributed by atoms with van der Waals surface area (Å²) in [5.41, 5.74) is 1.60. The van der Waals surface area contributed by atoms with Gasteiger partial charge in [-0.15, -0.1) is 0 Å². The highest BCUT2D eigenvalue weighted by atomic mass is 35.5. The van der Waals surface area contributed by atoms with Crippen molar-refractivity contribution in [2.75, 3.05) is 6.61 Å². The van der Waals surface area contributed by atoms with E-state index in [1.165, 1.54) is 6.08 Å². The van der Waals surface area contributed by atoms with Crippen LogP contribution in [0.5, 0.6) is 0 Å². The number of halogens is 2. The van der Waals surface area contributed by atoms with Gasteiger partial charge in [0.25, 0.3) is 5.91 Å². The molecule has 0 aliphatic heterocycles. The highest BCUT2D eigenvalue weighted by molar-refractivity contribution is 6.31. The lowest BCUT2D eigenvalue weighted by atomic mass is 10.1. The van der Waals surface area contributed by atoms with E-state index in [1.807, 2.05) is 18.2 Å². The van der Waals surface area contributed by atoms with Crippen LogP contribution in [-0.4, -0.2) is 18.5 Å². The van der Waals surface area contributed by atoms with Crippen molar-refractivity contribution in [3.05, 3.63) is 75.8 Å². The Labute approximate surface area is 156 Å². The summed E-state index contributed by atoms with van der Waals surface area (Å²) >= 11 is 11.9. The topological polar surface area (TPSA) is 55.4 Å². The second-order valence-corrected chi connectivity index (χ2v) is 6.15. The van der Waals surface area contributed by atoms with Crippen molar-refractivity contribution < 1.29 is 14.3 Å². The van der Waals surface area contributed by atoms with Crippen molar-refractivity contribution in [3.8, 4) is 0 Å². The first-order valence-corrected chi connectivity index (χ1v) is 8.35. The quantitative estimate of drug-likeness (QED) is 0.598. The fourth-order valence-electron chi connectivity index (χ4n) is 2.11. The maximum Gasteiger partial charge on any atom is 0.331 e. The molecule has 0 radical (unpaired) electrons. The molecule has 2 aromatic rings. The normalized spacial score (nSPS) is 12.0. The van der Waals surface area contributed by atoms with Crippen LogP contribution in [-0.2, 0) is 14.3 Å². The van der Waals surface area contributed by atoms with Gasteiger partial charge in [0.2, 0.25) is 0 Å². The van der Waals surface area contributed by atoms with Crippen molar-refractivity contribution in [3.63, 3.8) is 0 Å². The zero-order valence-corrected chi connectivity index (χ0v) is 15.1. The highest BCUT2D eigenvalue weighted by Crippen LogP contribution is 2.21. The molecule has 0 unspecified atom stereocenters. The number of esters is 1. The largest absolute Gasteiger partial charge is 0.452 e. The van der Waals surface area contributed by atoms with Gasteiger partial charge in [0.05, 0.1) is 6.04 Å². The molecule has 0 saturated heterocycles. The van der Waals surface area contributed by atoms with Gasteiger partial charge in [0.1, 0.15) is 0 Å². The summed E-state index contributed by atoms with van der Waals surface area (Å²) in [6, 6.07) is 13.9. The third kappa shape index (κ3) is 6.25. The Morgan fingerprint density at radius 3 is 2.48 bits per heavy atom. The number of ether oxygens (including phenoxy) is 1. The SMILES string of the molecule is C[C@H](NC(=O)COC(=O)/C=C/c1ccc(Cl)cc1)c1ccccc1Cl. The Kier molecular flexibility index (Phi) is 7.04. The maximum absolute atomic E-state index is 11.9. The van der Waals surface area contributed by atoms with Crippen molar-refractivity contribution >= 4 is 41.2 Å². The van der Waals surface area contributed by atoms with Crippen LogP contribution in [0.1, 0.15) is 24.1 Å². The van der Waals surface area contributed by atoms with Gasteiger partial charge in [0, 0.05) is 16.1 Å². The molecular weight excluding hydrogens is 361 g/mol. The van der Waals surface area contributed by atoms with E-state index in [0.717, 1.165) is 11.1 Å². The second-order valence-electron chi connectivity index (χ2n) is 5.30. The van der Waals surface area contributed by atoms with Gasteiger partial charge in [0.15, 0.2) is 6.61 Å². The molecule has 0 spiro atoms. The molecule has 4 nitrogen and oxygen atoms in total. The van der Waals surface area contributed by atoms with Crippen LogP contribution >= 0.6 is 23.2 Å². The molecule has 0 fully saturated rings. The first-order chi connectivity index (χ1) is 12.0. The average Bonchev–Trinajstić information content (AvgIpc) is 2.59. The molecule has 0 saturated carbocycles. The number of hydrogen-bond acceptors (Lipinski definition) is 3. The van der Waals surface area contributed by atoms with Gasteiger partial charge in [-0.05, 0) is 42.3 Å². The Hall–Kier alpha value is -2.30. The van der Waals surface area contributed by atoms with Crippen LogP contribution in [0.3, 0.4) is 0 Å². The maximum atomic E-state index is 11.9. The van der Waals surface area contributed by atoms with Crippen LogP contribution in [0.2, 0.25) is 10.0 Å². The Bertz CT molecular complexity index is 772. The van der Waals surface area contributed by atoms with Gasteiger partial charge < -0.3 is 10.1 Å². The summed E-state index contributed by atoms with van der Waals surface area (Å²) in [5.74, 6) is -1.00. The number of carbonyl (C=O) groups is 2. The first-order valence-electron chi connectivity index (χ1n) is 7.60. The third-order valence-electron chi connectivity index (χ3n) is 3.38. The van der Waals surface area contributed by atoms with Gasteiger partial charge in [-0.1, -0.05) is 53.5 Å². The number of hydrogen-bond donors (Lipinski definition) is 1. The monoisotopic (exact) mass is 377 g/mol. The molecule has 1 atom stereocenters. The van der Waals surface area contributed by atoms with E-state index in [9.17, 15) is 9.59 Å². The molecule has 1 amide bonds. The molecule has 0 aliphatic carbocycles. The van der Waals surface area contributed by atoms with Crippen LogP contribution in [0, 0.1) is 0 Å². The molecule has 0 aliphatic rings. The molecule has 2 rings (SSSR count). The smallest absolute Gasteiger partial charge is 0.331 e. The number of carbonyl (C=O) groups excluding carboxylic acids is 2. The molecule has 130 valence electrons. The Morgan fingerprint density at radius 1 is 1.12 bits per heavy atom. The molecular formula is C19H17Cl2NO3. The fraction of sp³-hybridized carbons (Fsp3) is 0.158. The van der Waals surface area contributed by atoms with Crippen LogP contribution in [0.25, 0.3) is 6.08 Å². The third-order valence-corrected chi connectivity index (χ3v) is 3.97. The predicted octanol–water partition coefficient (Wildman–Crippen LogP) is 4.43. The minimum Gasteiger partial charge on any atom is -0.452 e. The van der Waals surface area contributed by atoms with Crippen molar-refractivity contribution in [2.24, 2.45) is 0 Å². The van der Waals surface area contributed by atoms with Gasteiger partial charge >= 0.3 is 5.97 Å². The lowest BCUT2D eigenvalue weighted by Gasteiger charge is -2.15. The number of benzene rings is 2. The van der Waals surface area contributed by atoms with E-state index >= 15 is 0 Å². The van der Waals surface area contributed by atoms with Crippen molar-refractivity contribution in [2.45, 2.75) is 13.0 Å². The number of nitrogens with one attached hydrogen (secondary N) is 1. The zero-order chi connectivity index (χ0) is 18.2. The molecule has 0 bridgehead atoms. The zero-order valence-electron chi connectivity index (χ0n) is 13.5. The Morgan fingerprint density at radius 2 is 1.80 bits per heavy atom. The van der Waals surface area contributed by atoms with Crippen molar-refractivity contribution in [1.82, 2.24) is 5.32 Å². The molecule has 2 aromatic carbocycles. The van der Waals surface area contributed by atoms with E-state index in [1.54, 1.807) is 43.3 Å². The summed E-state index contributed by atoms with van der Waals surface area (Å²) in [6.45, 7) is 1.44. The van der Waals surface area contributed by atoms with E-state index in [4.69, 9.17) is 27.9 Å². The molecule has 25 heavy (non-hydrogen) atoms. The van der Waals surface area contributed by atoms with Crippen LogP contribution in [0.4, 0.5) is 0 Å². The molecule has 0 aromatic heterocycles. The molecule has 1 N–H and O–H groups in total. The lowest BCUT2D eigenvalue weighted by molar-refractivity contribution is -0.144. The summed E-state index contributed by atoms with van der Waals surface area (Å²) < 4.78 is 4.92. The minimum absolute atomic E-state index is 0.287. The predicted molar refractivity (Wildman–Crippen MR) is 99.5 cm³/mol. The summed E-state index contributed by atoms with van der Waals surface area (Å²) in [4.78, 5) is 23.5. The average molecular weight is 378 g/mol. The standard InChI is InChI=1S/C19H17Cl2NO3/c1-13(16-4-2-3-5-17(16)21)22-18(23)12-25-19(24)11-8-14-6-9-15(20)10-7-14/h2-11,13H,12H2,1H3,(H,22,23)/b11-8+/t13-/m0/s1. The summed E-state index contributed by atoms with van der Waals surface area (Å²) in [5, 5.41) is 3.92. The van der Waals surface area contributed by atoms with Crippen LogP contribution in [0.15, 0.2) is 54.6 Å². The minimum atomic E-state index is -0.601. The van der Waals surface area contributed by atoms with E-state index in [-0.39, 0.29) is 12.6 Å². The van der Waals surface area contributed by atoms with Crippen LogP contribution < -0.4 is 5.32 Å². The van der Waals surface area contributed by atoms with Crippen molar-refractivity contribution in [1.29, 1.82) is 0 Å². The lowest BCUT2D eigenvalue weighted by Crippen LogP contribution is -2.31. The van der Waals surface area contributed by atoms with Gasteiger partial charge in [-0.3, -0.25) is 4.79 Å². The second kappa shape index (κ2) is 9.25. The Balaban J connectivity index is 1.80. The highest BCUT2D eigenvalue weighted by Gasteiger charge is 2.13. The first kappa shape index (κ1) is 19.0. The summed E-state index contributed by atoms with van der Waals surface area (Å²) in [7, 11) is 0. The molecule has 0 heterocycles.